The number of carboxylic acids is 1. The van der Waals surface area contributed by atoms with Crippen LogP contribution >= 0.6 is 45.9 Å². The van der Waals surface area contributed by atoms with Crippen LogP contribution in [0.2, 0.25) is 8.67 Å². The van der Waals surface area contributed by atoms with Gasteiger partial charge >= 0.3 is 18.2 Å². The number of aryl methyl sites for hydroxylation is 4. The van der Waals surface area contributed by atoms with Gasteiger partial charge in [-0.2, -0.15) is 10.2 Å². The number of aromatic carboxylic acids is 1. The second kappa shape index (κ2) is 25.5. The number of rotatable bonds is 10. The van der Waals surface area contributed by atoms with Gasteiger partial charge in [0.25, 0.3) is 5.91 Å². The van der Waals surface area contributed by atoms with E-state index in [4.69, 9.17) is 61.8 Å². The molecule has 4 aliphatic rings. The minimum atomic E-state index is -0.998. The molecule has 17 nitrogen and oxygen atoms in total. The molecule has 0 atom stereocenters. The smallest absolute Gasteiger partial charge is 0.410 e. The Bertz CT molecular complexity index is 2990. The van der Waals surface area contributed by atoms with Gasteiger partial charge in [0.1, 0.15) is 43.2 Å². The third-order valence-corrected chi connectivity index (χ3v) is 15.5. The van der Waals surface area contributed by atoms with E-state index < -0.39 is 17.2 Å². The van der Waals surface area contributed by atoms with Gasteiger partial charge in [-0.05, 0) is 154 Å². The maximum atomic E-state index is 13.8. The van der Waals surface area contributed by atoms with E-state index in [0.29, 0.717) is 80.4 Å². The van der Waals surface area contributed by atoms with E-state index in [1.54, 1.807) is 62.8 Å². The number of para-hydroxylation sites is 2. The molecular formula is C56H66Cl2N6O11S2. The monoisotopic (exact) mass is 1130 g/mol. The van der Waals surface area contributed by atoms with Crippen LogP contribution in [0.5, 0.6) is 23.0 Å². The van der Waals surface area contributed by atoms with Crippen LogP contribution in [-0.2, 0) is 35.2 Å². The molecular weight excluding hydrogens is 1070 g/mol. The predicted octanol–water partition coefficient (Wildman–Crippen LogP) is 12.1. The number of hydrogen-bond donors (Lipinski definition) is 2. The number of carboxylic acid groups (broad SMARTS) is 1. The van der Waals surface area contributed by atoms with Gasteiger partial charge in [-0.15, -0.1) is 22.7 Å². The molecule has 0 bridgehead atoms. The number of hydrogen-bond acceptors (Lipinski definition) is 14. The Labute approximate surface area is 466 Å². The van der Waals surface area contributed by atoms with Crippen molar-refractivity contribution in [2.45, 2.75) is 116 Å². The number of fused-ring (bicyclic) bond motifs is 2. The lowest BCUT2D eigenvalue weighted by atomic mass is 9.93. The largest absolute Gasteiger partial charge is 0.486 e. The highest BCUT2D eigenvalue weighted by Gasteiger charge is 2.32. The van der Waals surface area contributed by atoms with Crippen LogP contribution < -0.4 is 18.9 Å². The average molecular weight is 1130 g/mol. The van der Waals surface area contributed by atoms with E-state index in [1.165, 1.54) is 15.6 Å². The van der Waals surface area contributed by atoms with Crippen LogP contribution in [0.3, 0.4) is 0 Å². The van der Waals surface area contributed by atoms with E-state index >= 15 is 0 Å². The van der Waals surface area contributed by atoms with Crippen molar-refractivity contribution in [3.63, 3.8) is 0 Å². The van der Waals surface area contributed by atoms with Gasteiger partial charge in [-0.3, -0.25) is 9.89 Å². The fourth-order valence-electron chi connectivity index (χ4n) is 9.16. The van der Waals surface area contributed by atoms with Crippen LogP contribution in [-0.4, -0.2) is 123 Å². The summed E-state index contributed by atoms with van der Waals surface area (Å²) in [6.45, 7) is 15.6. The highest BCUT2D eigenvalue weighted by atomic mass is 35.5. The normalized spacial score (nSPS) is 15.6. The SMILES string of the molecule is CC(C)(C)OC(=O)N1CCC(c2cc(CCc3ccc(Cl)s3)[nH]n2)CC1.CC(C)(C)OC(=O)N1CCC(c2cc(CCc3ccc(Cl)s3)n(C(=O)c3cccc4c3OCCO4)n2)CC1.O=C(O)c1cccc2c1OCCO2. The maximum Gasteiger partial charge on any atom is 0.410 e. The summed E-state index contributed by atoms with van der Waals surface area (Å²) in [4.78, 5) is 55.2. The minimum absolute atomic E-state index is 0.141. The molecule has 77 heavy (non-hydrogen) atoms. The molecule has 4 aromatic heterocycles. The number of carbonyl (C=O) groups is 4. The zero-order valence-corrected chi connectivity index (χ0v) is 47.4. The first-order valence-electron chi connectivity index (χ1n) is 25.9. The molecule has 0 saturated carbocycles. The summed E-state index contributed by atoms with van der Waals surface area (Å²) in [7, 11) is 0. The van der Waals surface area contributed by atoms with E-state index in [0.717, 1.165) is 94.4 Å². The van der Waals surface area contributed by atoms with Gasteiger partial charge in [0, 0.05) is 59.2 Å². The summed E-state index contributed by atoms with van der Waals surface area (Å²) in [6, 6.07) is 22.3. The number of nitrogens with one attached hydrogen (secondary N) is 1. The topological polar surface area (TPSA) is 197 Å². The van der Waals surface area contributed by atoms with Gasteiger partial charge in [-0.1, -0.05) is 35.3 Å². The molecule has 2 saturated heterocycles. The lowest BCUT2D eigenvalue weighted by Gasteiger charge is -2.32. The standard InChI is InChI=1S/C28H32ClN3O5S.C19H26ClN3O2S.C9H8O4/c1-28(2,3)37-27(34)31-13-11-18(12-14-31)22-17-19(7-8-20-9-10-24(29)38-20)32(30-22)26(33)21-5-4-6-23-25(21)36-16-15-35-23;1-19(2,3)25-18(24)23-10-8-13(9-11-23)16-12-14(21-22-16)4-5-15-6-7-17(20)26-15;10-9(11)6-2-1-3-7-8(6)13-5-4-12-7/h4-6,9-10,17-18H,7-8,11-16H2,1-3H3;6-7,12-13H,4-5,8-11H2,1-3H3,(H,21,22);1-3H,4-5H2,(H,10,11). The Morgan fingerprint density at radius 2 is 1.12 bits per heavy atom. The summed E-state index contributed by atoms with van der Waals surface area (Å²) in [6.07, 6.45) is 6.13. The Hall–Kier alpha value is -6.28. The number of amides is 2. The molecule has 2 fully saturated rings. The maximum absolute atomic E-state index is 13.8. The van der Waals surface area contributed by atoms with Crippen LogP contribution in [0, 0.1) is 0 Å². The number of halogens is 2. The van der Waals surface area contributed by atoms with Crippen molar-refractivity contribution >= 4 is 69.9 Å². The number of thiophene rings is 2. The minimum Gasteiger partial charge on any atom is -0.486 e. The van der Waals surface area contributed by atoms with Crippen molar-refractivity contribution in [2.24, 2.45) is 0 Å². The Morgan fingerprint density at radius 3 is 1.61 bits per heavy atom. The number of H-pyrrole nitrogens is 1. The number of nitrogens with zero attached hydrogens (tertiary/aromatic N) is 5. The van der Waals surface area contributed by atoms with Gasteiger partial charge in [0.2, 0.25) is 0 Å². The Kier molecular flexibility index (Phi) is 18.8. The van der Waals surface area contributed by atoms with Crippen LogP contribution in [0.1, 0.15) is 132 Å². The molecule has 0 aliphatic carbocycles. The number of piperidine rings is 2. The fraction of sp³-hybridized carbons (Fsp3) is 0.464. The second-order valence-corrected chi connectivity index (χ2v) is 24.6. The number of ether oxygens (including phenoxy) is 6. The molecule has 0 radical (unpaired) electrons. The highest BCUT2D eigenvalue weighted by Crippen LogP contribution is 2.37. The molecule has 10 rings (SSSR count). The average Bonchev–Trinajstić information content (AvgIpc) is 4.25. The molecule has 0 spiro atoms. The quantitative estimate of drug-likeness (QED) is 0.132. The van der Waals surface area contributed by atoms with Crippen molar-refractivity contribution in [3.8, 4) is 23.0 Å². The zero-order valence-electron chi connectivity index (χ0n) is 44.2. The number of likely N-dealkylation sites (tertiary alicyclic amines) is 2. The van der Waals surface area contributed by atoms with Gasteiger partial charge in [0.15, 0.2) is 23.0 Å². The van der Waals surface area contributed by atoms with Crippen molar-refractivity contribution in [2.75, 3.05) is 52.6 Å². The molecule has 2 amide bonds. The molecule has 21 heteroatoms. The first-order chi connectivity index (χ1) is 36.8. The van der Waals surface area contributed by atoms with E-state index in [-0.39, 0.29) is 29.6 Å². The number of aromatic nitrogens is 4. The summed E-state index contributed by atoms with van der Waals surface area (Å²) < 4.78 is 36.0. The summed E-state index contributed by atoms with van der Waals surface area (Å²) in [5.74, 6) is 1.16. The fourth-order valence-corrected chi connectivity index (χ4v) is 11.3. The second-order valence-electron chi connectivity index (χ2n) is 21.0. The number of aromatic amines is 1. The summed E-state index contributed by atoms with van der Waals surface area (Å²) >= 11 is 15.3. The van der Waals surface area contributed by atoms with Crippen molar-refractivity contribution < 1.29 is 52.7 Å². The lowest BCUT2D eigenvalue weighted by Crippen LogP contribution is -2.41. The third-order valence-electron chi connectivity index (χ3n) is 12.9. The summed E-state index contributed by atoms with van der Waals surface area (Å²) in [5, 5.41) is 21.3. The molecule has 0 unspecified atom stereocenters. The van der Waals surface area contributed by atoms with Crippen LogP contribution in [0.25, 0.3) is 0 Å². The predicted molar refractivity (Wildman–Crippen MR) is 295 cm³/mol. The molecule has 412 valence electrons. The number of benzene rings is 2. The highest BCUT2D eigenvalue weighted by molar-refractivity contribution is 7.16. The van der Waals surface area contributed by atoms with Crippen LogP contribution in [0.15, 0.2) is 72.8 Å². The first kappa shape index (κ1) is 56.9. The molecule has 8 heterocycles. The summed E-state index contributed by atoms with van der Waals surface area (Å²) in [5.41, 5.74) is 3.56. The lowest BCUT2D eigenvalue weighted by molar-refractivity contribution is 0.0193. The van der Waals surface area contributed by atoms with Gasteiger partial charge in [0.05, 0.1) is 25.6 Å². The first-order valence-corrected chi connectivity index (χ1v) is 28.3. The zero-order chi connectivity index (χ0) is 54.9. The van der Waals surface area contributed by atoms with Gasteiger partial charge < -0.3 is 43.3 Å². The van der Waals surface area contributed by atoms with Gasteiger partial charge in [-0.25, -0.2) is 19.1 Å². The number of carbonyl (C=O) groups excluding carboxylic acids is 3. The molecule has 2 N–H and O–H groups in total. The van der Waals surface area contributed by atoms with E-state index in [2.05, 4.69) is 22.3 Å². The Balaban J connectivity index is 0.000000172. The molecule has 6 aromatic rings. The molecule has 2 aromatic carbocycles. The van der Waals surface area contributed by atoms with Crippen LogP contribution in [0.4, 0.5) is 9.59 Å². The van der Waals surface area contributed by atoms with Crippen molar-refractivity contribution in [1.82, 2.24) is 29.8 Å². The Morgan fingerprint density at radius 1 is 0.636 bits per heavy atom. The van der Waals surface area contributed by atoms with E-state index in [1.807, 2.05) is 65.8 Å². The van der Waals surface area contributed by atoms with Crippen molar-refractivity contribution in [3.05, 3.63) is 125 Å². The molecule has 4 aliphatic heterocycles. The third kappa shape index (κ3) is 15.7. The van der Waals surface area contributed by atoms with Crippen molar-refractivity contribution in [1.29, 1.82) is 0 Å². The van der Waals surface area contributed by atoms with E-state index in [9.17, 15) is 19.2 Å².